The molecule has 0 aromatic carbocycles. The number of aromatic amines is 1. The van der Waals surface area contributed by atoms with E-state index in [4.69, 9.17) is 0 Å². The van der Waals surface area contributed by atoms with Crippen LogP contribution in [0.2, 0.25) is 0 Å². The molecule has 0 spiro atoms. The Bertz CT molecular complexity index is 195. The van der Waals surface area contributed by atoms with Gasteiger partial charge in [-0.1, -0.05) is 0 Å². The zero-order valence-corrected chi connectivity index (χ0v) is 4.73. The number of aryl methyl sites for hydroxylation is 1. The van der Waals surface area contributed by atoms with E-state index in [0.717, 1.165) is 0 Å². The van der Waals surface area contributed by atoms with Crippen molar-refractivity contribution in [3.05, 3.63) is 11.6 Å². The highest BCUT2D eigenvalue weighted by Gasteiger charge is 2.10. The predicted molar refractivity (Wildman–Crippen MR) is 26.1 cm³/mol. The molecule has 0 saturated heterocycles. The number of halogens is 2. The number of nitrogens with zero attached hydrogens (tertiary/aromatic N) is 2. The molecule has 0 bridgehead atoms. The second-order valence-electron chi connectivity index (χ2n) is 1.58. The van der Waals surface area contributed by atoms with Crippen molar-refractivity contribution >= 4 is 0 Å². The van der Waals surface area contributed by atoms with Crippen LogP contribution in [0.5, 0.6) is 0 Å². The van der Waals surface area contributed by atoms with Gasteiger partial charge in [-0.15, -0.1) is 0 Å². The number of hydrogen-bond donors (Lipinski definition) is 1. The lowest BCUT2D eigenvalue weighted by Gasteiger charge is -1.84. The van der Waals surface area contributed by atoms with Crippen LogP contribution in [0.3, 0.4) is 0 Å². The van der Waals surface area contributed by atoms with Gasteiger partial charge < -0.3 is 0 Å². The predicted octanol–water partition coefficient (Wildman–Crippen LogP) is 1.05. The van der Waals surface area contributed by atoms with Crippen LogP contribution in [0.25, 0.3) is 0 Å². The van der Waals surface area contributed by atoms with Crippen molar-refractivity contribution in [3.8, 4) is 0 Å². The summed E-state index contributed by atoms with van der Waals surface area (Å²) in [6, 6.07) is 0. The quantitative estimate of drug-likeness (QED) is 0.622. The fraction of sp³-hybridized carbons (Fsp3) is 0.500. The third-order valence-electron chi connectivity index (χ3n) is 0.810. The summed E-state index contributed by atoms with van der Waals surface area (Å²) in [5.41, 5.74) is 0. The molecule has 3 nitrogen and oxygen atoms in total. The van der Waals surface area contributed by atoms with Crippen LogP contribution in [0.1, 0.15) is 18.1 Å². The standard InChI is InChI=1S/C4H5F2N3/c1-2-7-4(3(5)6)9-8-2/h3H,1H3,(H,7,8,9). The minimum Gasteiger partial charge on any atom is -0.263 e. The van der Waals surface area contributed by atoms with Crippen molar-refractivity contribution < 1.29 is 8.78 Å². The topological polar surface area (TPSA) is 41.6 Å². The number of H-pyrrole nitrogens is 1. The van der Waals surface area contributed by atoms with Gasteiger partial charge in [-0.3, -0.25) is 5.10 Å². The highest BCUT2D eigenvalue weighted by atomic mass is 19.3. The maximum absolute atomic E-state index is 11.6. The molecule has 0 aliphatic heterocycles. The SMILES string of the molecule is Cc1nc(C(F)F)n[nH]1. The van der Waals surface area contributed by atoms with Crippen molar-refractivity contribution in [2.24, 2.45) is 0 Å². The van der Waals surface area contributed by atoms with Crippen LogP contribution >= 0.6 is 0 Å². The van der Waals surface area contributed by atoms with Gasteiger partial charge in [0.25, 0.3) is 6.43 Å². The molecular formula is C4H5F2N3. The Labute approximate surface area is 50.1 Å². The molecule has 1 rings (SSSR count). The summed E-state index contributed by atoms with van der Waals surface area (Å²) >= 11 is 0. The molecule has 1 aromatic rings. The first kappa shape index (κ1) is 6.12. The van der Waals surface area contributed by atoms with Gasteiger partial charge in [0.05, 0.1) is 0 Å². The molecule has 0 atom stereocenters. The Morgan fingerprint density at radius 2 is 2.22 bits per heavy atom. The summed E-state index contributed by atoms with van der Waals surface area (Å²) < 4.78 is 23.3. The molecule has 0 radical (unpaired) electrons. The maximum Gasteiger partial charge on any atom is 0.299 e. The van der Waals surface area contributed by atoms with E-state index in [1.54, 1.807) is 6.92 Å². The summed E-state index contributed by atoms with van der Waals surface area (Å²) in [5, 5.41) is 5.54. The van der Waals surface area contributed by atoms with Gasteiger partial charge in [-0.05, 0) is 6.92 Å². The monoisotopic (exact) mass is 133 g/mol. The lowest BCUT2D eigenvalue weighted by Crippen LogP contribution is -1.85. The van der Waals surface area contributed by atoms with Crippen molar-refractivity contribution in [2.75, 3.05) is 0 Å². The number of rotatable bonds is 1. The van der Waals surface area contributed by atoms with Crippen LogP contribution in [-0.4, -0.2) is 15.2 Å². The van der Waals surface area contributed by atoms with Gasteiger partial charge in [0.2, 0.25) is 5.82 Å². The first-order chi connectivity index (χ1) is 4.20. The van der Waals surface area contributed by atoms with E-state index in [2.05, 4.69) is 15.2 Å². The zero-order valence-electron chi connectivity index (χ0n) is 4.73. The van der Waals surface area contributed by atoms with Crippen LogP contribution in [-0.2, 0) is 0 Å². The molecule has 1 aromatic heterocycles. The summed E-state index contributed by atoms with van der Waals surface area (Å²) in [7, 11) is 0. The van der Waals surface area contributed by atoms with Gasteiger partial charge in [-0.2, -0.15) is 5.10 Å². The van der Waals surface area contributed by atoms with E-state index in [9.17, 15) is 8.78 Å². The van der Waals surface area contributed by atoms with Gasteiger partial charge in [-0.25, -0.2) is 13.8 Å². The first-order valence-electron chi connectivity index (χ1n) is 2.37. The van der Waals surface area contributed by atoms with Gasteiger partial charge in [0, 0.05) is 0 Å². The van der Waals surface area contributed by atoms with Gasteiger partial charge >= 0.3 is 0 Å². The lowest BCUT2D eigenvalue weighted by atomic mass is 10.6. The highest BCUT2D eigenvalue weighted by molar-refractivity contribution is 4.87. The number of alkyl halides is 2. The zero-order chi connectivity index (χ0) is 6.85. The van der Waals surface area contributed by atoms with Crippen LogP contribution in [0.15, 0.2) is 0 Å². The van der Waals surface area contributed by atoms with E-state index in [0.29, 0.717) is 5.82 Å². The summed E-state index contributed by atoms with van der Waals surface area (Å²) in [6.07, 6.45) is -2.57. The fourth-order valence-corrected chi connectivity index (χ4v) is 0.458. The van der Waals surface area contributed by atoms with Crippen LogP contribution in [0.4, 0.5) is 8.78 Å². The van der Waals surface area contributed by atoms with Gasteiger partial charge in [0.1, 0.15) is 5.82 Å². The van der Waals surface area contributed by atoms with Crippen molar-refractivity contribution in [1.82, 2.24) is 15.2 Å². The van der Waals surface area contributed by atoms with Crippen molar-refractivity contribution in [2.45, 2.75) is 13.3 Å². The molecule has 0 aliphatic rings. The molecule has 0 amide bonds. The Morgan fingerprint density at radius 3 is 2.44 bits per heavy atom. The molecule has 1 heterocycles. The molecule has 0 unspecified atom stereocenters. The van der Waals surface area contributed by atoms with E-state index < -0.39 is 12.2 Å². The number of aromatic nitrogens is 3. The molecule has 5 heteroatoms. The van der Waals surface area contributed by atoms with Crippen molar-refractivity contribution in [1.29, 1.82) is 0 Å². The van der Waals surface area contributed by atoms with E-state index in [1.165, 1.54) is 0 Å². The molecule has 50 valence electrons. The second-order valence-corrected chi connectivity index (χ2v) is 1.58. The molecule has 0 aliphatic carbocycles. The highest BCUT2D eigenvalue weighted by Crippen LogP contribution is 2.12. The lowest BCUT2D eigenvalue weighted by molar-refractivity contribution is 0.140. The average Bonchev–Trinajstić information content (AvgIpc) is 2.14. The Kier molecular flexibility index (Phi) is 1.42. The van der Waals surface area contributed by atoms with Gasteiger partial charge in [0.15, 0.2) is 0 Å². The molecular weight excluding hydrogens is 128 g/mol. The van der Waals surface area contributed by atoms with E-state index in [1.807, 2.05) is 0 Å². The second kappa shape index (κ2) is 2.08. The van der Waals surface area contributed by atoms with Crippen LogP contribution in [0, 0.1) is 6.92 Å². The minimum absolute atomic E-state index is 0.408. The Balaban J connectivity index is 2.85. The third kappa shape index (κ3) is 1.22. The molecule has 0 saturated carbocycles. The first-order valence-corrected chi connectivity index (χ1v) is 2.37. The average molecular weight is 133 g/mol. The molecule has 0 fully saturated rings. The van der Waals surface area contributed by atoms with Crippen LogP contribution < -0.4 is 0 Å². The smallest absolute Gasteiger partial charge is 0.263 e. The summed E-state index contributed by atoms with van der Waals surface area (Å²) in [4.78, 5) is 3.39. The Hall–Kier alpha value is -1.00. The summed E-state index contributed by atoms with van der Waals surface area (Å²) in [5.74, 6) is -0.0298. The minimum atomic E-state index is -2.57. The maximum atomic E-state index is 11.6. The normalized spacial score (nSPS) is 10.7. The summed E-state index contributed by atoms with van der Waals surface area (Å²) in [6.45, 7) is 1.57. The molecule has 9 heavy (non-hydrogen) atoms. The fourth-order valence-electron chi connectivity index (χ4n) is 0.458. The number of hydrogen-bond acceptors (Lipinski definition) is 2. The number of nitrogens with one attached hydrogen (secondary N) is 1. The third-order valence-corrected chi connectivity index (χ3v) is 0.810. The largest absolute Gasteiger partial charge is 0.299 e. The molecule has 1 N–H and O–H groups in total. The van der Waals surface area contributed by atoms with E-state index in [-0.39, 0.29) is 0 Å². The van der Waals surface area contributed by atoms with E-state index >= 15 is 0 Å². The Morgan fingerprint density at radius 1 is 1.56 bits per heavy atom. The van der Waals surface area contributed by atoms with Crippen molar-refractivity contribution in [3.63, 3.8) is 0 Å².